The number of benzene rings is 2. The van der Waals surface area contributed by atoms with Crippen molar-refractivity contribution in [2.45, 2.75) is 12.0 Å². The molecule has 0 bridgehead atoms. The van der Waals surface area contributed by atoms with Crippen molar-refractivity contribution in [2.75, 3.05) is 13.2 Å². The van der Waals surface area contributed by atoms with Crippen LogP contribution in [0.15, 0.2) is 30.3 Å². The molecule has 6 nitrogen and oxygen atoms in total. The van der Waals surface area contributed by atoms with Crippen LogP contribution in [0.5, 0.6) is 23.0 Å². The molecule has 0 amide bonds. The Balaban J connectivity index is 2.25. The summed E-state index contributed by atoms with van der Waals surface area (Å²) in [7, 11) is 0. The van der Waals surface area contributed by atoms with Crippen molar-refractivity contribution in [1.82, 2.24) is 0 Å². The zero-order chi connectivity index (χ0) is 15.9. The molecule has 0 aromatic heterocycles. The van der Waals surface area contributed by atoms with Gasteiger partial charge in [0.15, 0.2) is 11.5 Å². The van der Waals surface area contributed by atoms with Crippen LogP contribution in [0, 0.1) is 0 Å². The van der Waals surface area contributed by atoms with Gasteiger partial charge in [-0.3, -0.25) is 0 Å². The van der Waals surface area contributed by atoms with Crippen LogP contribution in [0.25, 0.3) is 11.1 Å². The molecule has 116 valence electrons. The van der Waals surface area contributed by atoms with E-state index in [2.05, 4.69) is 0 Å². The van der Waals surface area contributed by atoms with E-state index in [1.54, 1.807) is 6.07 Å². The first-order valence-electron chi connectivity index (χ1n) is 6.76. The summed E-state index contributed by atoms with van der Waals surface area (Å²) in [6, 6.07) is 7.23. The molecule has 1 heterocycles. The largest absolute Gasteiger partial charge is 0.508 e. The molecule has 1 atom stereocenters. The zero-order valence-corrected chi connectivity index (χ0v) is 11.7. The highest BCUT2D eigenvalue weighted by Gasteiger charge is 2.32. The minimum Gasteiger partial charge on any atom is -0.508 e. The Hall–Kier alpha value is -2.44. The number of phenols is 3. The minimum absolute atomic E-state index is 0.00332. The second kappa shape index (κ2) is 5.08. The zero-order valence-electron chi connectivity index (χ0n) is 11.7. The summed E-state index contributed by atoms with van der Waals surface area (Å²) in [6.07, 6.45) is 0.0486. The third kappa shape index (κ3) is 2.43. The molecule has 0 saturated heterocycles. The summed E-state index contributed by atoms with van der Waals surface area (Å²) in [5, 5.41) is 48.9. The molecule has 0 radical (unpaired) electrons. The van der Waals surface area contributed by atoms with Crippen molar-refractivity contribution in [3.63, 3.8) is 0 Å². The highest BCUT2D eigenvalue weighted by molar-refractivity contribution is 5.77. The first-order valence-corrected chi connectivity index (χ1v) is 6.76. The minimum atomic E-state index is -1.53. The second-order valence-electron chi connectivity index (χ2n) is 5.53. The van der Waals surface area contributed by atoms with Crippen molar-refractivity contribution < 1.29 is 30.3 Å². The molecule has 22 heavy (non-hydrogen) atoms. The average molecular weight is 304 g/mol. The van der Waals surface area contributed by atoms with E-state index in [4.69, 9.17) is 4.74 Å². The summed E-state index contributed by atoms with van der Waals surface area (Å²) in [5.41, 5.74) is 0.198. The van der Waals surface area contributed by atoms with Crippen LogP contribution in [-0.4, -0.2) is 44.3 Å². The molecule has 0 fully saturated rings. The molecule has 0 unspecified atom stereocenters. The SMILES string of the molecule is OC[C@@]1(O)COc2cc(O)ccc2-c2cc(O)c(O)cc2C1. The van der Waals surface area contributed by atoms with Gasteiger partial charge in [-0.25, -0.2) is 0 Å². The van der Waals surface area contributed by atoms with Gasteiger partial charge in [0, 0.05) is 18.1 Å². The average Bonchev–Trinajstić information content (AvgIpc) is 2.48. The van der Waals surface area contributed by atoms with Crippen LogP contribution in [0.4, 0.5) is 0 Å². The van der Waals surface area contributed by atoms with E-state index in [1.807, 2.05) is 0 Å². The maximum absolute atomic E-state index is 10.4. The van der Waals surface area contributed by atoms with Crippen LogP contribution in [0.2, 0.25) is 0 Å². The smallest absolute Gasteiger partial charge is 0.158 e. The van der Waals surface area contributed by atoms with E-state index in [0.29, 0.717) is 22.4 Å². The number of phenolic OH excluding ortho intramolecular Hbond substituents is 3. The van der Waals surface area contributed by atoms with E-state index in [9.17, 15) is 25.5 Å². The molecule has 0 aliphatic carbocycles. The molecule has 6 heteroatoms. The Bertz CT molecular complexity index is 727. The van der Waals surface area contributed by atoms with Crippen LogP contribution in [-0.2, 0) is 6.42 Å². The predicted molar refractivity (Wildman–Crippen MR) is 78.1 cm³/mol. The van der Waals surface area contributed by atoms with Gasteiger partial charge < -0.3 is 30.3 Å². The van der Waals surface area contributed by atoms with E-state index in [0.717, 1.165) is 0 Å². The van der Waals surface area contributed by atoms with Gasteiger partial charge in [0.2, 0.25) is 0 Å². The maximum Gasteiger partial charge on any atom is 0.158 e. The molecular weight excluding hydrogens is 288 g/mol. The van der Waals surface area contributed by atoms with Crippen LogP contribution < -0.4 is 4.74 Å². The van der Waals surface area contributed by atoms with Gasteiger partial charge >= 0.3 is 0 Å². The van der Waals surface area contributed by atoms with E-state index in [-0.39, 0.29) is 30.3 Å². The van der Waals surface area contributed by atoms with Gasteiger partial charge in [0.05, 0.1) is 6.61 Å². The number of aliphatic hydroxyl groups is 2. The lowest BCUT2D eigenvalue weighted by atomic mass is 9.88. The number of rotatable bonds is 1. The number of hydrogen-bond donors (Lipinski definition) is 5. The van der Waals surface area contributed by atoms with Crippen LogP contribution >= 0.6 is 0 Å². The third-order valence-corrected chi connectivity index (χ3v) is 3.77. The topological polar surface area (TPSA) is 110 Å². The van der Waals surface area contributed by atoms with Crippen LogP contribution in [0.1, 0.15) is 5.56 Å². The van der Waals surface area contributed by atoms with Crippen molar-refractivity contribution in [3.8, 4) is 34.1 Å². The summed E-state index contributed by atoms with van der Waals surface area (Å²) < 4.78 is 5.53. The van der Waals surface area contributed by atoms with Crippen molar-refractivity contribution in [1.29, 1.82) is 0 Å². The Labute approximate surface area is 126 Å². The number of hydrogen-bond acceptors (Lipinski definition) is 6. The highest BCUT2D eigenvalue weighted by Crippen LogP contribution is 2.42. The fourth-order valence-electron chi connectivity index (χ4n) is 2.59. The number of aromatic hydroxyl groups is 3. The molecular formula is C16H16O6. The van der Waals surface area contributed by atoms with Crippen molar-refractivity contribution in [2.24, 2.45) is 0 Å². The fraction of sp³-hybridized carbons (Fsp3) is 0.250. The first kappa shape index (κ1) is 14.5. The molecule has 0 spiro atoms. The Morgan fingerprint density at radius 2 is 1.73 bits per heavy atom. The van der Waals surface area contributed by atoms with E-state index < -0.39 is 12.2 Å². The molecule has 2 aromatic rings. The lowest BCUT2D eigenvalue weighted by molar-refractivity contribution is -0.0472. The summed E-state index contributed by atoms with van der Waals surface area (Å²) in [6.45, 7) is -0.691. The van der Waals surface area contributed by atoms with Gasteiger partial charge in [-0.15, -0.1) is 0 Å². The van der Waals surface area contributed by atoms with Gasteiger partial charge in [0.1, 0.15) is 23.7 Å². The van der Waals surface area contributed by atoms with E-state index >= 15 is 0 Å². The number of ether oxygens (including phenoxy) is 1. The maximum atomic E-state index is 10.4. The molecule has 5 N–H and O–H groups in total. The van der Waals surface area contributed by atoms with Crippen molar-refractivity contribution >= 4 is 0 Å². The third-order valence-electron chi connectivity index (χ3n) is 3.77. The normalized spacial score (nSPS) is 20.3. The van der Waals surface area contributed by atoms with Gasteiger partial charge in [-0.05, 0) is 35.4 Å². The number of aliphatic hydroxyl groups excluding tert-OH is 1. The highest BCUT2D eigenvalue weighted by atomic mass is 16.5. The summed E-state index contributed by atoms with van der Waals surface area (Å²) in [4.78, 5) is 0. The van der Waals surface area contributed by atoms with Gasteiger partial charge in [0.25, 0.3) is 0 Å². The Morgan fingerprint density at radius 1 is 1.00 bits per heavy atom. The second-order valence-corrected chi connectivity index (χ2v) is 5.53. The van der Waals surface area contributed by atoms with E-state index in [1.165, 1.54) is 24.3 Å². The van der Waals surface area contributed by atoms with Gasteiger partial charge in [-0.1, -0.05) is 0 Å². The summed E-state index contributed by atoms with van der Waals surface area (Å²) in [5.74, 6) is -0.291. The lowest BCUT2D eigenvalue weighted by Gasteiger charge is -2.30. The summed E-state index contributed by atoms with van der Waals surface area (Å²) >= 11 is 0. The molecule has 3 rings (SSSR count). The fourth-order valence-corrected chi connectivity index (χ4v) is 2.59. The van der Waals surface area contributed by atoms with Crippen molar-refractivity contribution in [3.05, 3.63) is 35.9 Å². The molecule has 1 aliphatic rings. The standard InChI is InChI=1S/C16H16O6/c17-7-16(21)6-9-3-13(19)14(20)5-12(9)11-2-1-10(18)4-15(11)22-8-16/h1-5,17-21H,6-8H2/t16-/m1/s1. The predicted octanol–water partition coefficient (Wildman–Crippen LogP) is 1.13. The van der Waals surface area contributed by atoms with Crippen LogP contribution in [0.3, 0.4) is 0 Å². The molecule has 0 saturated carbocycles. The Kier molecular flexibility index (Phi) is 3.35. The Morgan fingerprint density at radius 3 is 2.45 bits per heavy atom. The molecule has 2 aromatic carbocycles. The quantitative estimate of drug-likeness (QED) is 0.505. The van der Waals surface area contributed by atoms with Gasteiger partial charge in [-0.2, -0.15) is 0 Å². The lowest BCUT2D eigenvalue weighted by Crippen LogP contribution is -2.42. The molecule has 1 aliphatic heterocycles. The monoisotopic (exact) mass is 304 g/mol. The first-order chi connectivity index (χ1) is 10.4. The number of fused-ring (bicyclic) bond motifs is 3.